The van der Waals surface area contributed by atoms with Crippen LogP contribution in [0.1, 0.15) is 5.56 Å². The van der Waals surface area contributed by atoms with Gasteiger partial charge in [0.1, 0.15) is 5.75 Å². The predicted molar refractivity (Wildman–Crippen MR) is 57.6 cm³/mol. The van der Waals surface area contributed by atoms with Crippen LogP contribution in [0.4, 0.5) is 4.39 Å². The van der Waals surface area contributed by atoms with Gasteiger partial charge in [0.05, 0.1) is 12.6 Å². The first-order chi connectivity index (χ1) is 7.26. The Balaban J connectivity index is 2.61. The number of H-pyrrole nitrogens is 1. The molecule has 0 aliphatic rings. The number of halogens is 1. The van der Waals surface area contributed by atoms with Gasteiger partial charge in [-0.1, -0.05) is 0 Å². The number of nitrogens with one attached hydrogen (secondary N) is 1. The number of aromatic amines is 1. The van der Waals surface area contributed by atoms with Crippen molar-refractivity contribution in [2.75, 3.05) is 13.7 Å². The van der Waals surface area contributed by atoms with E-state index in [9.17, 15) is 4.39 Å². The topological polar surface area (TPSA) is 51.0 Å². The van der Waals surface area contributed by atoms with Gasteiger partial charge in [0.15, 0.2) is 5.82 Å². The van der Waals surface area contributed by atoms with Crippen LogP contribution >= 0.6 is 0 Å². The minimum Gasteiger partial charge on any atom is -0.497 e. The Hall–Kier alpha value is -1.55. The highest BCUT2D eigenvalue weighted by molar-refractivity contribution is 5.85. The van der Waals surface area contributed by atoms with Crippen LogP contribution in [0.3, 0.4) is 0 Å². The maximum absolute atomic E-state index is 13.5. The molecule has 0 spiro atoms. The van der Waals surface area contributed by atoms with Gasteiger partial charge in [-0.15, -0.1) is 0 Å². The molecule has 0 bridgehead atoms. The van der Waals surface area contributed by atoms with Crippen LogP contribution < -0.4 is 10.5 Å². The fourth-order valence-corrected chi connectivity index (χ4v) is 1.70. The van der Waals surface area contributed by atoms with E-state index >= 15 is 0 Å². The predicted octanol–water partition coefficient (Wildman–Crippen LogP) is 1.82. The van der Waals surface area contributed by atoms with Crippen LogP contribution in [0.25, 0.3) is 10.9 Å². The van der Waals surface area contributed by atoms with Crippen LogP contribution in [0.15, 0.2) is 18.3 Å². The highest BCUT2D eigenvalue weighted by Gasteiger charge is 2.09. The van der Waals surface area contributed by atoms with Crippen molar-refractivity contribution in [1.29, 1.82) is 0 Å². The summed E-state index contributed by atoms with van der Waals surface area (Å²) in [6.07, 6.45) is 2.52. The fourth-order valence-electron chi connectivity index (χ4n) is 1.70. The summed E-state index contributed by atoms with van der Waals surface area (Å²) in [4.78, 5) is 2.91. The first kappa shape index (κ1) is 9.98. The molecule has 0 saturated heterocycles. The monoisotopic (exact) mass is 208 g/mol. The van der Waals surface area contributed by atoms with Crippen LogP contribution in [0.2, 0.25) is 0 Å². The number of fused-ring (bicyclic) bond motifs is 1. The van der Waals surface area contributed by atoms with E-state index in [0.29, 0.717) is 17.8 Å². The van der Waals surface area contributed by atoms with Gasteiger partial charge in [0, 0.05) is 17.6 Å². The van der Waals surface area contributed by atoms with Gasteiger partial charge < -0.3 is 15.5 Å². The summed E-state index contributed by atoms with van der Waals surface area (Å²) in [6.45, 7) is 0.547. The lowest BCUT2D eigenvalue weighted by atomic mass is 10.1. The highest BCUT2D eigenvalue weighted by Crippen LogP contribution is 2.26. The summed E-state index contributed by atoms with van der Waals surface area (Å²) in [6, 6.07) is 3.19. The molecule has 3 N–H and O–H groups in total. The largest absolute Gasteiger partial charge is 0.497 e. The number of hydrogen-bond donors (Lipinski definition) is 2. The maximum atomic E-state index is 13.5. The van der Waals surface area contributed by atoms with Crippen LogP contribution in [0.5, 0.6) is 5.75 Å². The molecule has 15 heavy (non-hydrogen) atoms. The number of rotatable bonds is 3. The van der Waals surface area contributed by atoms with E-state index in [1.165, 1.54) is 13.2 Å². The zero-order valence-corrected chi connectivity index (χ0v) is 8.51. The van der Waals surface area contributed by atoms with Crippen LogP contribution in [-0.2, 0) is 6.42 Å². The molecule has 0 amide bonds. The van der Waals surface area contributed by atoms with Crippen molar-refractivity contribution in [2.45, 2.75) is 6.42 Å². The molecule has 1 aromatic heterocycles. The molecule has 0 unspecified atom stereocenters. The first-order valence-corrected chi connectivity index (χ1v) is 4.80. The summed E-state index contributed by atoms with van der Waals surface area (Å²) in [5.41, 5.74) is 7.01. The first-order valence-electron chi connectivity index (χ1n) is 4.80. The average Bonchev–Trinajstić information content (AvgIpc) is 2.63. The standard InChI is InChI=1S/C11H13FN2O/c1-15-8-4-9-7(2-3-13)6-14-11(9)10(12)5-8/h4-6,14H,2-3,13H2,1H3. The van der Waals surface area contributed by atoms with Gasteiger partial charge in [0.25, 0.3) is 0 Å². The number of methoxy groups -OCH3 is 1. The number of aromatic nitrogens is 1. The van der Waals surface area contributed by atoms with E-state index < -0.39 is 0 Å². The van der Waals surface area contributed by atoms with Crippen molar-refractivity contribution in [3.05, 3.63) is 29.7 Å². The third kappa shape index (κ3) is 1.68. The second kappa shape index (κ2) is 3.90. The summed E-state index contributed by atoms with van der Waals surface area (Å²) < 4.78 is 18.6. The van der Waals surface area contributed by atoms with Crippen molar-refractivity contribution in [2.24, 2.45) is 5.73 Å². The lowest BCUT2D eigenvalue weighted by Crippen LogP contribution is -2.01. The Morgan fingerprint density at radius 2 is 2.27 bits per heavy atom. The Morgan fingerprint density at radius 1 is 1.47 bits per heavy atom. The molecule has 2 rings (SSSR count). The van der Waals surface area contributed by atoms with Gasteiger partial charge in [-0.3, -0.25) is 0 Å². The van der Waals surface area contributed by atoms with Crippen molar-refractivity contribution in [3.63, 3.8) is 0 Å². The van der Waals surface area contributed by atoms with Gasteiger partial charge in [-0.25, -0.2) is 4.39 Å². The Bertz CT molecular complexity index is 479. The van der Waals surface area contributed by atoms with Crippen molar-refractivity contribution in [1.82, 2.24) is 4.98 Å². The zero-order chi connectivity index (χ0) is 10.8. The second-order valence-corrected chi connectivity index (χ2v) is 3.38. The molecule has 0 aliphatic carbocycles. The van der Waals surface area contributed by atoms with E-state index in [4.69, 9.17) is 10.5 Å². The number of hydrogen-bond acceptors (Lipinski definition) is 2. The highest BCUT2D eigenvalue weighted by atomic mass is 19.1. The Kier molecular flexibility index (Phi) is 2.60. The van der Waals surface area contributed by atoms with E-state index in [-0.39, 0.29) is 5.82 Å². The van der Waals surface area contributed by atoms with Crippen molar-refractivity contribution in [3.8, 4) is 5.75 Å². The molecule has 4 heteroatoms. The fraction of sp³-hybridized carbons (Fsp3) is 0.273. The molecule has 80 valence electrons. The molecule has 1 aromatic carbocycles. The quantitative estimate of drug-likeness (QED) is 0.808. The molecule has 3 nitrogen and oxygen atoms in total. The number of nitrogens with two attached hydrogens (primary N) is 1. The molecule has 1 heterocycles. The SMILES string of the molecule is COc1cc(F)c2[nH]cc(CCN)c2c1. The Labute approximate surface area is 87.0 Å². The van der Waals surface area contributed by atoms with Gasteiger partial charge >= 0.3 is 0 Å². The molecule has 0 fully saturated rings. The summed E-state index contributed by atoms with van der Waals surface area (Å²) in [5, 5.41) is 0.845. The third-order valence-corrected chi connectivity index (χ3v) is 2.45. The zero-order valence-electron chi connectivity index (χ0n) is 8.51. The normalized spacial score (nSPS) is 10.9. The van der Waals surface area contributed by atoms with E-state index in [2.05, 4.69) is 4.98 Å². The molecule has 0 saturated carbocycles. The Morgan fingerprint density at radius 3 is 2.93 bits per heavy atom. The van der Waals surface area contributed by atoms with E-state index in [0.717, 1.165) is 17.4 Å². The van der Waals surface area contributed by atoms with E-state index in [1.54, 1.807) is 6.20 Å². The van der Waals surface area contributed by atoms with Gasteiger partial charge in [-0.2, -0.15) is 0 Å². The van der Waals surface area contributed by atoms with Gasteiger partial charge in [0.2, 0.25) is 0 Å². The molecular weight excluding hydrogens is 195 g/mol. The van der Waals surface area contributed by atoms with Gasteiger partial charge in [-0.05, 0) is 24.6 Å². The molecular formula is C11H13FN2O. The van der Waals surface area contributed by atoms with Crippen LogP contribution in [-0.4, -0.2) is 18.6 Å². The van der Waals surface area contributed by atoms with E-state index in [1.807, 2.05) is 6.07 Å². The van der Waals surface area contributed by atoms with Crippen molar-refractivity contribution >= 4 is 10.9 Å². The molecule has 0 aliphatic heterocycles. The second-order valence-electron chi connectivity index (χ2n) is 3.38. The maximum Gasteiger partial charge on any atom is 0.150 e. The summed E-state index contributed by atoms with van der Waals surface area (Å²) in [7, 11) is 1.52. The minimum absolute atomic E-state index is 0.298. The summed E-state index contributed by atoms with van der Waals surface area (Å²) >= 11 is 0. The lowest BCUT2D eigenvalue weighted by Gasteiger charge is -2.02. The average molecular weight is 208 g/mol. The smallest absolute Gasteiger partial charge is 0.150 e. The minimum atomic E-state index is -0.298. The number of benzene rings is 1. The lowest BCUT2D eigenvalue weighted by molar-refractivity contribution is 0.412. The van der Waals surface area contributed by atoms with Crippen LogP contribution in [0, 0.1) is 5.82 Å². The summed E-state index contributed by atoms with van der Waals surface area (Å²) in [5.74, 6) is 0.227. The molecule has 0 atom stereocenters. The molecule has 2 aromatic rings. The third-order valence-electron chi connectivity index (χ3n) is 2.45. The number of ether oxygens (including phenoxy) is 1. The van der Waals surface area contributed by atoms with Crippen molar-refractivity contribution < 1.29 is 9.13 Å². The molecule has 0 radical (unpaired) electrons.